The van der Waals surface area contributed by atoms with Gasteiger partial charge in [0.25, 0.3) is 0 Å². The molecule has 2 aromatic rings. The molecule has 14 heavy (non-hydrogen) atoms. The Bertz CT molecular complexity index is 492. The molecule has 0 radical (unpaired) electrons. The lowest BCUT2D eigenvalue weighted by atomic mass is 10.3. The lowest BCUT2D eigenvalue weighted by Crippen LogP contribution is -2.05. The Labute approximate surface area is 88.9 Å². The predicted octanol–water partition coefficient (Wildman–Crippen LogP) is 2.28. The van der Waals surface area contributed by atoms with Crippen molar-refractivity contribution in [3.63, 3.8) is 0 Å². The fraction of sp³-hybridized carbons (Fsp3) is 0.111. The number of nitrogens with one attached hydrogen (secondary N) is 2. The highest BCUT2D eigenvalue weighted by Crippen LogP contribution is 2.22. The highest BCUT2D eigenvalue weighted by atomic mass is 79.9. The van der Waals surface area contributed by atoms with Gasteiger partial charge in [-0.05, 0) is 28.1 Å². The number of hydrogen-bond acceptors (Lipinski definition) is 2. The van der Waals surface area contributed by atoms with E-state index in [4.69, 9.17) is 0 Å². The van der Waals surface area contributed by atoms with Gasteiger partial charge in [-0.1, -0.05) is 0 Å². The van der Waals surface area contributed by atoms with Gasteiger partial charge in [-0.3, -0.25) is 4.79 Å². The van der Waals surface area contributed by atoms with Gasteiger partial charge < -0.3 is 10.3 Å². The van der Waals surface area contributed by atoms with Gasteiger partial charge in [0.05, 0.1) is 11.2 Å². The molecule has 0 aliphatic rings. The van der Waals surface area contributed by atoms with Gasteiger partial charge in [0.2, 0.25) is 5.91 Å². The van der Waals surface area contributed by atoms with E-state index >= 15 is 0 Å². The van der Waals surface area contributed by atoms with E-state index in [2.05, 4.69) is 31.2 Å². The van der Waals surface area contributed by atoms with Crippen LogP contribution in [0.5, 0.6) is 0 Å². The van der Waals surface area contributed by atoms with Gasteiger partial charge >= 0.3 is 0 Å². The number of amides is 1. The second kappa shape index (κ2) is 3.42. The van der Waals surface area contributed by atoms with Crippen LogP contribution in [0.4, 0.5) is 5.69 Å². The zero-order valence-electron chi connectivity index (χ0n) is 7.47. The van der Waals surface area contributed by atoms with E-state index in [0.717, 1.165) is 15.6 Å². The number of rotatable bonds is 1. The summed E-state index contributed by atoms with van der Waals surface area (Å²) in [5.74, 6) is -0.104. The molecule has 4 nitrogen and oxygen atoms in total. The Morgan fingerprint density at radius 1 is 1.57 bits per heavy atom. The number of nitrogens with zero attached hydrogens (tertiary/aromatic N) is 1. The third-order valence-corrected chi connectivity index (χ3v) is 2.24. The molecule has 2 N–H and O–H groups in total. The molecule has 2 heterocycles. The summed E-state index contributed by atoms with van der Waals surface area (Å²) in [6.07, 6.45) is 1.73. The van der Waals surface area contributed by atoms with Crippen molar-refractivity contribution in [2.45, 2.75) is 6.92 Å². The number of hydrogen-bond donors (Lipinski definition) is 2. The summed E-state index contributed by atoms with van der Waals surface area (Å²) in [4.78, 5) is 18.2. The van der Waals surface area contributed by atoms with Crippen LogP contribution in [0, 0.1) is 0 Å². The van der Waals surface area contributed by atoms with Crippen LogP contribution in [0.3, 0.4) is 0 Å². The molecule has 0 fully saturated rings. The van der Waals surface area contributed by atoms with Crippen molar-refractivity contribution in [2.75, 3.05) is 5.32 Å². The van der Waals surface area contributed by atoms with Gasteiger partial charge in [0, 0.05) is 13.1 Å². The van der Waals surface area contributed by atoms with E-state index in [1.165, 1.54) is 6.92 Å². The molecular weight excluding hydrogens is 246 g/mol. The van der Waals surface area contributed by atoms with Crippen molar-refractivity contribution in [2.24, 2.45) is 0 Å². The molecule has 0 aromatic carbocycles. The Kier molecular flexibility index (Phi) is 2.25. The Morgan fingerprint density at radius 3 is 3.07 bits per heavy atom. The zero-order valence-corrected chi connectivity index (χ0v) is 9.05. The number of fused-ring (bicyclic) bond motifs is 1. The van der Waals surface area contributed by atoms with Crippen LogP contribution in [-0.2, 0) is 4.79 Å². The molecule has 2 rings (SSSR count). The number of carbonyl (C=O) groups excluding carboxylic acids is 1. The van der Waals surface area contributed by atoms with Crippen molar-refractivity contribution in [1.29, 1.82) is 0 Å². The molecule has 0 unspecified atom stereocenters. The molecule has 0 aliphatic carbocycles. The maximum atomic E-state index is 10.9. The van der Waals surface area contributed by atoms with E-state index in [1.54, 1.807) is 6.20 Å². The van der Waals surface area contributed by atoms with E-state index in [-0.39, 0.29) is 5.91 Å². The highest BCUT2D eigenvalue weighted by molar-refractivity contribution is 9.10. The van der Waals surface area contributed by atoms with Gasteiger partial charge in [0.15, 0.2) is 0 Å². The monoisotopic (exact) mass is 253 g/mol. The van der Waals surface area contributed by atoms with E-state index in [1.807, 2.05) is 12.1 Å². The van der Waals surface area contributed by atoms with E-state index in [0.29, 0.717) is 5.69 Å². The maximum Gasteiger partial charge on any atom is 0.221 e. The van der Waals surface area contributed by atoms with Crippen molar-refractivity contribution in [3.05, 3.63) is 22.9 Å². The molecule has 0 bridgehead atoms. The number of aromatic nitrogens is 2. The molecule has 72 valence electrons. The maximum absolute atomic E-state index is 10.9. The fourth-order valence-electron chi connectivity index (χ4n) is 1.26. The molecule has 0 saturated heterocycles. The Morgan fingerprint density at radius 2 is 2.36 bits per heavy atom. The standard InChI is InChI=1S/C9H8BrN3O/c1-5(14)12-7-4-11-6-2-3-8(10)13-9(6)7/h2-4,11H,1H3,(H,12,14). The number of H-pyrrole nitrogens is 1. The number of pyridine rings is 1. The minimum Gasteiger partial charge on any atom is -0.358 e. The van der Waals surface area contributed by atoms with Crippen molar-refractivity contribution < 1.29 is 4.79 Å². The molecule has 0 aliphatic heterocycles. The summed E-state index contributed by atoms with van der Waals surface area (Å²) in [6, 6.07) is 3.74. The normalized spacial score (nSPS) is 10.4. The first-order chi connectivity index (χ1) is 6.66. The second-order valence-electron chi connectivity index (χ2n) is 2.91. The third-order valence-electron chi connectivity index (χ3n) is 1.80. The van der Waals surface area contributed by atoms with E-state index < -0.39 is 0 Å². The van der Waals surface area contributed by atoms with Gasteiger partial charge in [-0.25, -0.2) is 4.98 Å². The minimum absolute atomic E-state index is 0.104. The average Bonchev–Trinajstić information content (AvgIpc) is 2.47. The van der Waals surface area contributed by atoms with Crippen LogP contribution in [0.25, 0.3) is 11.0 Å². The highest BCUT2D eigenvalue weighted by Gasteiger charge is 2.06. The number of aromatic amines is 1. The van der Waals surface area contributed by atoms with E-state index in [9.17, 15) is 4.79 Å². The molecule has 0 saturated carbocycles. The largest absolute Gasteiger partial charge is 0.358 e. The summed E-state index contributed by atoms with van der Waals surface area (Å²) in [5.41, 5.74) is 2.36. The van der Waals surface area contributed by atoms with Crippen molar-refractivity contribution in [1.82, 2.24) is 9.97 Å². The summed E-state index contributed by atoms with van der Waals surface area (Å²) < 4.78 is 0.746. The topological polar surface area (TPSA) is 57.8 Å². The summed E-state index contributed by atoms with van der Waals surface area (Å²) in [7, 11) is 0. The zero-order chi connectivity index (χ0) is 10.1. The molecule has 0 spiro atoms. The molecule has 2 aromatic heterocycles. The SMILES string of the molecule is CC(=O)Nc1c[nH]c2ccc(Br)nc12. The third kappa shape index (κ3) is 1.63. The van der Waals surface area contributed by atoms with Crippen LogP contribution < -0.4 is 5.32 Å². The number of anilines is 1. The summed E-state index contributed by atoms with van der Waals surface area (Å²) in [5, 5.41) is 2.70. The Hall–Kier alpha value is -1.36. The van der Waals surface area contributed by atoms with Crippen LogP contribution in [0.1, 0.15) is 6.92 Å². The lowest BCUT2D eigenvalue weighted by molar-refractivity contribution is -0.114. The minimum atomic E-state index is -0.104. The molecular formula is C9H8BrN3O. The lowest BCUT2D eigenvalue weighted by Gasteiger charge is -1.98. The predicted molar refractivity (Wildman–Crippen MR) is 58.1 cm³/mol. The average molecular weight is 254 g/mol. The van der Waals surface area contributed by atoms with Crippen LogP contribution >= 0.6 is 15.9 Å². The van der Waals surface area contributed by atoms with Crippen molar-refractivity contribution >= 4 is 38.6 Å². The first kappa shape index (κ1) is 9.21. The quantitative estimate of drug-likeness (QED) is 0.767. The number of halogens is 1. The molecule has 1 amide bonds. The van der Waals surface area contributed by atoms with Gasteiger partial charge in [0.1, 0.15) is 10.1 Å². The summed E-state index contributed by atoms with van der Waals surface area (Å²) >= 11 is 3.28. The van der Waals surface area contributed by atoms with Gasteiger partial charge in [-0.2, -0.15) is 0 Å². The fourth-order valence-corrected chi connectivity index (χ4v) is 1.57. The van der Waals surface area contributed by atoms with Gasteiger partial charge in [-0.15, -0.1) is 0 Å². The van der Waals surface area contributed by atoms with Crippen molar-refractivity contribution in [3.8, 4) is 0 Å². The number of carbonyl (C=O) groups is 1. The van der Waals surface area contributed by atoms with Crippen LogP contribution in [0.2, 0.25) is 0 Å². The first-order valence-corrected chi connectivity index (χ1v) is 4.87. The molecule has 0 atom stereocenters. The smallest absolute Gasteiger partial charge is 0.221 e. The van der Waals surface area contributed by atoms with Crippen LogP contribution in [-0.4, -0.2) is 15.9 Å². The summed E-state index contributed by atoms with van der Waals surface area (Å²) in [6.45, 7) is 1.47. The first-order valence-electron chi connectivity index (χ1n) is 4.08. The molecule has 5 heteroatoms. The Balaban J connectivity index is 2.55. The van der Waals surface area contributed by atoms with Crippen LogP contribution in [0.15, 0.2) is 22.9 Å². The second-order valence-corrected chi connectivity index (χ2v) is 3.73.